The Morgan fingerprint density at radius 1 is 1.40 bits per heavy atom. The number of nitrogens with two attached hydrogens (primary N) is 1. The fourth-order valence-corrected chi connectivity index (χ4v) is 0.665. The first-order chi connectivity index (χ1) is 6.84. The van der Waals surface area contributed by atoms with Gasteiger partial charge in [0.15, 0.2) is 0 Å². The van der Waals surface area contributed by atoms with Gasteiger partial charge < -0.3 is 30.9 Å². The molecule has 7 nitrogen and oxygen atoms in total. The normalized spacial score (nSPS) is 10.6. The molecule has 0 heterocycles. The third kappa shape index (κ3) is 12.7. The topological polar surface area (TPSA) is 135 Å². The zero-order valence-electron chi connectivity index (χ0n) is 8.06. The highest BCUT2D eigenvalue weighted by molar-refractivity contribution is 7.80. The van der Waals surface area contributed by atoms with Crippen molar-refractivity contribution in [1.29, 1.82) is 0 Å². The smallest absolute Gasteiger partial charge is 0.217 e. The fraction of sp³-hybridized carbons (Fsp3) is 0.571. The minimum atomic E-state index is -1.31. The molecule has 0 fully saturated rings. The van der Waals surface area contributed by atoms with E-state index in [1.807, 2.05) is 0 Å². The molecule has 0 aliphatic carbocycles. The maximum atomic E-state index is 10.3. The Hall–Kier alpha value is -1.28. The van der Waals surface area contributed by atoms with Gasteiger partial charge in [0.05, 0.1) is 18.0 Å². The van der Waals surface area contributed by atoms with Crippen LogP contribution < -0.4 is 21.3 Å². The zero-order valence-corrected chi connectivity index (χ0v) is 8.95. The molecule has 88 valence electrons. The average molecular weight is 236 g/mol. The van der Waals surface area contributed by atoms with Gasteiger partial charge in [-0.3, -0.25) is 4.79 Å². The van der Waals surface area contributed by atoms with Gasteiger partial charge in [0.2, 0.25) is 5.91 Å². The average Bonchev–Trinajstić information content (AvgIpc) is 2.14. The quantitative estimate of drug-likeness (QED) is 0.424. The summed E-state index contributed by atoms with van der Waals surface area (Å²) < 4.78 is 0. The van der Waals surface area contributed by atoms with Crippen LogP contribution in [0.1, 0.15) is 6.92 Å². The lowest BCUT2D eigenvalue weighted by Crippen LogP contribution is -2.48. The first-order valence-corrected chi connectivity index (χ1v) is 4.47. The molecule has 1 amide bonds. The van der Waals surface area contributed by atoms with Crippen LogP contribution in [0.3, 0.4) is 0 Å². The molecule has 8 heteroatoms. The molecule has 1 unspecified atom stereocenters. The highest BCUT2D eigenvalue weighted by Gasteiger charge is 2.07. The number of hydrogen-bond acceptors (Lipinski definition) is 7. The number of carboxylic acids is 2. The van der Waals surface area contributed by atoms with Crippen molar-refractivity contribution in [1.82, 2.24) is 5.32 Å². The van der Waals surface area contributed by atoms with Crippen molar-refractivity contribution < 1.29 is 24.6 Å². The van der Waals surface area contributed by atoms with E-state index in [0.29, 0.717) is 0 Å². The minimum Gasteiger partial charge on any atom is -0.549 e. The molecule has 0 radical (unpaired) electrons. The molecule has 0 aromatic rings. The van der Waals surface area contributed by atoms with Gasteiger partial charge in [-0.2, -0.15) is 12.6 Å². The standard InChI is InChI=1S/C5H9NO3S.C2H5NO2/c1-3(7)6-4(2-10)5(8)9;3-1-2(4)5/h4,10H,2H2,1H3,(H,6,7)(H,8,9);1,3H2,(H,4,5)/p-2. The lowest BCUT2D eigenvalue weighted by Gasteiger charge is -2.15. The lowest BCUT2D eigenvalue weighted by molar-refractivity contribution is -0.308. The Kier molecular flexibility index (Phi) is 10.0. The van der Waals surface area contributed by atoms with Gasteiger partial charge >= 0.3 is 0 Å². The second kappa shape index (κ2) is 9.28. The van der Waals surface area contributed by atoms with Crippen molar-refractivity contribution in [2.75, 3.05) is 12.3 Å². The number of hydrogen-bond donors (Lipinski definition) is 3. The minimum absolute atomic E-state index is 0.0436. The van der Waals surface area contributed by atoms with E-state index in [1.54, 1.807) is 0 Å². The van der Waals surface area contributed by atoms with Gasteiger partial charge in [0.1, 0.15) is 0 Å². The van der Waals surface area contributed by atoms with Crippen molar-refractivity contribution in [3.63, 3.8) is 0 Å². The van der Waals surface area contributed by atoms with Crippen molar-refractivity contribution in [3.8, 4) is 0 Å². The van der Waals surface area contributed by atoms with Crippen LogP contribution in [0.2, 0.25) is 0 Å². The van der Waals surface area contributed by atoms with E-state index in [-0.39, 0.29) is 12.3 Å². The number of amides is 1. The predicted molar refractivity (Wildman–Crippen MR) is 50.5 cm³/mol. The molecule has 1 atom stereocenters. The molecule has 0 saturated heterocycles. The number of carboxylic acid groups (broad SMARTS) is 2. The van der Waals surface area contributed by atoms with E-state index in [9.17, 15) is 14.7 Å². The summed E-state index contributed by atoms with van der Waals surface area (Å²) in [4.78, 5) is 29.5. The molecular formula is C7H12N2O5S-2. The number of nitrogens with one attached hydrogen (secondary N) is 1. The molecule has 15 heavy (non-hydrogen) atoms. The second-order valence-corrected chi connectivity index (χ2v) is 2.70. The van der Waals surface area contributed by atoms with E-state index in [2.05, 4.69) is 23.7 Å². The van der Waals surface area contributed by atoms with Crippen molar-refractivity contribution in [2.24, 2.45) is 5.73 Å². The largest absolute Gasteiger partial charge is 0.549 e. The first kappa shape index (κ1) is 16.2. The predicted octanol–water partition coefficient (Wildman–Crippen LogP) is -4.13. The summed E-state index contributed by atoms with van der Waals surface area (Å²) >= 11 is 3.69. The van der Waals surface area contributed by atoms with Gasteiger partial charge in [0.25, 0.3) is 0 Å². The second-order valence-electron chi connectivity index (χ2n) is 2.33. The third-order valence-corrected chi connectivity index (χ3v) is 1.38. The molecule has 0 aromatic carbocycles. The number of rotatable bonds is 4. The van der Waals surface area contributed by atoms with Gasteiger partial charge in [-0.05, 0) is 0 Å². The molecule has 0 aromatic heterocycles. The Bertz CT molecular complexity index is 233. The van der Waals surface area contributed by atoms with Crippen LogP contribution in [0.5, 0.6) is 0 Å². The van der Waals surface area contributed by atoms with Gasteiger partial charge in [-0.1, -0.05) is 0 Å². The van der Waals surface area contributed by atoms with Crippen LogP contribution in [0.4, 0.5) is 0 Å². The van der Waals surface area contributed by atoms with E-state index >= 15 is 0 Å². The maximum Gasteiger partial charge on any atom is 0.217 e. The van der Waals surface area contributed by atoms with Crippen LogP contribution >= 0.6 is 12.6 Å². The third-order valence-electron chi connectivity index (χ3n) is 1.01. The SMILES string of the molecule is CC(=O)NC(CS)C(=O)[O-].NCC(=O)[O-]. The van der Waals surface area contributed by atoms with Crippen LogP contribution in [0.25, 0.3) is 0 Å². The Balaban J connectivity index is 0. The molecule has 0 aliphatic rings. The molecule has 0 aliphatic heterocycles. The Labute approximate surface area is 92.1 Å². The molecule has 0 spiro atoms. The summed E-state index contributed by atoms with van der Waals surface area (Å²) in [5, 5.41) is 21.4. The van der Waals surface area contributed by atoms with E-state index in [1.165, 1.54) is 6.92 Å². The molecule has 0 saturated carbocycles. The molecule has 0 bridgehead atoms. The molecular weight excluding hydrogens is 224 g/mol. The number of aliphatic carboxylic acids is 2. The van der Waals surface area contributed by atoms with Crippen molar-refractivity contribution >= 4 is 30.5 Å². The van der Waals surface area contributed by atoms with Gasteiger partial charge in [-0.25, -0.2) is 0 Å². The van der Waals surface area contributed by atoms with Crippen LogP contribution in [-0.2, 0) is 14.4 Å². The van der Waals surface area contributed by atoms with E-state index < -0.39 is 23.9 Å². The number of carbonyl (C=O) groups is 3. The summed E-state index contributed by atoms with van der Waals surface area (Å²) in [5.41, 5.74) is 4.51. The summed E-state index contributed by atoms with van der Waals surface area (Å²) in [5.74, 6) is -2.89. The van der Waals surface area contributed by atoms with Gasteiger partial charge in [-0.15, -0.1) is 0 Å². The fourth-order valence-electron chi connectivity index (χ4n) is 0.424. The Morgan fingerprint density at radius 2 is 1.80 bits per heavy atom. The van der Waals surface area contributed by atoms with E-state index in [0.717, 1.165) is 0 Å². The highest BCUT2D eigenvalue weighted by Crippen LogP contribution is 1.84. The highest BCUT2D eigenvalue weighted by atomic mass is 32.1. The summed E-state index contributed by atoms with van der Waals surface area (Å²) in [6, 6.07) is -0.985. The first-order valence-electron chi connectivity index (χ1n) is 3.83. The van der Waals surface area contributed by atoms with Crippen LogP contribution in [0, 0.1) is 0 Å². The number of thiol groups is 1. The summed E-state index contributed by atoms with van der Waals surface area (Å²) in [6.45, 7) is 0.847. The maximum absolute atomic E-state index is 10.3. The molecule has 3 N–H and O–H groups in total. The van der Waals surface area contributed by atoms with Gasteiger partial charge in [0, 0.05) is 19.2 Å². The van der Waals surface area contributed by atoms with Crippen molar-refractivity contribution in [2.45, 2.75) is 13.0 Å². The lowest BCUT2D eigenvalue weighted by atomic mass is 10.3. The monoisotopic (exact) mass is 236 g/mol. The summed E-state index contributed by atoms with van der Waals surface area (Å²) in [7, 11) is 0. The molecule has 0 rings (SSSR count). The van der Waals surface area contributed by atoms with Crippen LogP contribution in [0.15, 0.2) is 0 Å². The van der Waals surface area contributed by atoms with Crippen LogP contribution in [-0.4, -0.2) is 36.2 Å². The van der Waals surface area contributed by atoms with Crippen molar-refractivity contribution in [3.05, 3.63) is 0 Å². The number of carbonyl (C=O) groups excluding carboxylic acids is 3. The summed E-state index contributed by atoms with van der Waals surface area (Å²) in [6.07, 6.45) is 0. The zero-order chi connectivity index (χ0) is 12.4. The van der Waals surface area contributed by atoms with E-state index in [4.69, 9.17) is 9.90 Å². The Morgan fingerprint density at radius 3 is 1.87 bits per heavy atom.